The molecular formula is C65H108. The van der Waals surface area contributed by atoms with Crippen molar-refractivity contribution in [2.24, 2.45) is 5.92 Å². The minimum atomic E-state index is 0.884. The van der Waals surface area contributed by atoms with Crippen LogP contribution in [0.1, 0.15) is 185 Å². The van der Waals surface area contributed by atoms with E-state index in [9.17, 15) is 0 Å². The molecule has 0 N–H and O–H groups in total. The lowest BCUT2D eigenvalue weighted by Crippen LogP contribution is -1.89. The van der Waals surface area contributed by atoms with Crippen LogP contribution in [-0.4, -0.2) is 0 Å². The zero-order valence-electron chi connectivity index (χ0n) is 46.8. The minimum Gasteiger partial charge on any atom is -0.0683 e. The van der Waals surface area contributed by atoms with Gasteiger partial charge in [0.2, 0.25) is 0 Å². The molecule has 0 aliphatic heterocycles. The van der Waals surface area contributed by atoms with Gasteiger partial charge in [0.1, 0.15) is 0 Å². The smallest absolute Gasteiger partial charge is 0.0238 e. The molecule has 0 heteroatoms. The second-order valence-electron chi connectivity index (χ2n) is 12.2. The summed E-state index contributed by atoms with van der Waals surface area (Å²) in [7, 11) is 0. The van der Waals surface area contributed by atoms with Gasteiger partial charge < -0.3 is 0 Å². The Hall–Kier alpha value is -4.68. The molecule has 6 aromatic rings. The van der Waals surface area contributed by atoms with E-state index in [0.29, 0.717) is 0 Å². The molecule has 0 bridgehead atoms. The van der Waals surface area contributed by atoms with Crippen molar-refractivity contribution in [3.05, 3.63) is 215 Å². The topological polar surface area (TPSA) is 0 Å². The van der Waals surface area contributed by atoms with Crippen molar-refractivity contribution in [3.63, 3.8) is 0 Å². The molecule has 0 unspecified atom stereocenters. The van der Waals surface area contributed by atoms with Gasteiger partial charge in [-0.05, 0) is 77.8 Å². The second kappa shape index (κ2) is 71.0. The molecule has 0 atom stereocenters. The van der Waals surface area contributed by atoms with E-state index in [1.54, 1.807) is 0 Å². The predicted molar refractivity (Wildman–Crippen MR) is 308 cm³/mol. The van der Waals surface area contributed by atoms with Crippen LogP contribution in [-0.2, 0) is 38.5 Å². The van der Waals surface area contributed by atoms with Crippen molar-refractivity contribution >= 4 is 0 Å². The van der Waals surface area contributed by atoms with Gasteiger partial charge in [-0.25, -0.2) is 0 Å². The van der Waals surface area contributed by atoms with Gasteiger partial charge in [0, 0.05) is 0 Å². The molecule has 0 heterocycles. The molecule has 368 valence electrons. The Kier molecular flexibility index (Phi) is 81.5. The maximum atomic E-state index is 2.22. The third-order valence-electron chi connectivity index (χ3n) is 7.98. The number of benzene rings is 6. The average molecular weight is 890 g/mol. The first-order chi connectivity index (χ1) is 32.1. The minimum absolute atomic E-state index is 0.884. The van der Waals surface area contributed by atoms with Crippen LogP contribution in [0.5, 0.6) is 0 Å². The van der Waals surface area contributed by atoms with Gasteiger partial charge in [0.05, 0.1) is 0 Å². The highest BCUT2D eigenvalue weighted by atomic mass is 14.0. The summed E-state index contributed by atoms with van der Waals surface area (Å²) in [6, 6.07) is 63.7. The van der Waals surface area contributed by atoms with Crippen molar-refractivity contribution < 1.29 is 0 Å². The summed E-state index contributed by atoms with van der Waals surface area (Å²) in [6.45, 7) is 42.6. The van der Waals surface area contributed by atoms with Crippen LogP contribution >= 0.6 is 0 Å². The fraction of sp³-hybridized carbons (Fsp3) is 0.446. The Morgan fingerprint density at radius 1 is 0.215 bits per heavy atom. The molecule has 6 aromatic carbocycles. The largest absolute Gasteiger partial charge is 0.0683 e. The van der Waals surface area contributed by atoms with Crippen LogP contribution < -0.4 is 0 Å². The molecule has 0 aromatic heterocycles. The Morgan fingerprint density at radius 2 is 0.308 bits per heavy atom. The van der Waals surface area contributed by atoms with Crippen LogP contribution in [0.4, 0.5) is 0 Å². The molecule has 0 radical (unpaired) electrons. The number of hydrogen-bond acceptors (Lipinski definition) is 0. The van der Waals surface area contributed by atoms with E-state index in [-0.39, 0.29) is 0 Å². The lowest BCUT2D eigenvalue weighted by molar-refractivity contribution is 0.626. The average Bonchev–Trinajstić information content (AvgIpc) is 3.44. The van der Waals surface area contributed by atoms with E-state index in [1.165, 1.54) is 39.8 Å². The zero-order valence-corrected chi connectivity index (χ0v) is 46.8. The fourth-order valence-corrected chi connectivity index (χ4v) is 4.73. The monoisotopic (exact) mass is 889 g/mol. The highest BCUT2D eigenvalue weighted by Crippen LogP contribution is 2.08. The summed E-state index contributed by atoms with van der Waals surface area (Å²) in [5.41, 5.74) is 8.48. The van der Waals surface area contributed by atoms with Crippen molar-refractivity contribution in [1.82, 2.24) is 0 Å². The summed E-state index contributed by atoms with van der Waals surface area (Å²) in [5.74, 6) is 0.884. The van der Waals surface area contributed by atoms with Crippen LogP contribution in [0.25, 0.3) is 0 Å². The molecular weight excluding hydrogens is 781 g/mol. The normalized spacial score (nSPS) is 8.03. The van der Waals surface area contributed by atoms with Gasteiger partial charge in [0.25, 0.3) is 0 Å². The summed E-state index contributed by atoms with van der Waals surface area (Å²) in [6.07, 6.45) is 8.08. The first kappa shape index (κ1) is 74.7. The molecule has 6 rings (SSSR count). The standard InChI is InChI=1S/3C14H14.C5H12.9C2H6/c3*1-3-7-13(8-4-1)11-12-14-9-5-2-6-10-14;1-4-5(2)3;9*1-2/h3*1-10H,11-12H2;5H,4H2,1-3H3;9*1-2H3. The first-order valence-electron chi connectivity index (χ1n) is 26.4. The van der Waals surface area contributed by atoms with Gasteiger partial charge in [-0.1, -0.05) is 334 Å². The third kappa shape index (κ3) is 53.6. The highest BCUT2D eigenvalue weighted by Gasteiger charge is 1.95. The Bertz CT molecular complexity index is 1220. The fourth-order valence-electron chi connectivity index (χ4n) is 4.73. The third-order valence-corrected chi connectivity index (χ3v) is 7.98. The molecule has 0 spiro atoms. The lowest BCUT2D eigenvalue weighted by atomic mass is 10.0. The zero-order chi connectivity index (χ0) is 51.2. The van der Waals surface area contributed by atoms with Crippen LogP contribution in [0.3, 0.4) is 0 Å². The van der Waals surface area contributed by atoms with Crippen molar-refractivity contribution in [2.45, 2.75) is 190 Å². The van der Waals surface area contributed by atoms with Crippen LogP contribution in [0.15, 0.2) is 182 Å². The van der Waals surface area contributed by atoms with Crippen molar-refractivity contribution in [2.75, 3.05) is 0 Å². The van der Waals surface area contributed by atoms with E-state index in [0.717, 1.165) is 44.4 Å². The number of hydrogen-bond donors (Lipinski definition) is 0. The maximum absolute atomic E-state index is 2.22. The van der Waals surface area contributed by atoms with E-state index in [1.807, 2.05) is 125 Å². The van der Waals surface area contributed by atoms with Gasteiger partial charge in [-0.2, -0.15) is 0 Å². The molecule has 0 nitrogen and oxygen atoms in total. The van der Waals surface area contributed by atoms with E-state index < -0.39 is 0 Å². The lowest BCUT2D eigenvalue weighted by Gasteiger charge is -2.01. The van der Waals surface area contributed by atoms with Gasteiger partial charge >= 0.3 is 0 Å². The Morgan fingerprint density at radius 3 is 0.385 bits per heavy atom. The molecule has 0 fully saturated rings. The van der Waals surface area contributed by atoms with Crippen molar-refractivity contribution in [1.29, 1.82) is 0 Å². The summed E-state index contributed by atoms with van der Waals surface area (Å²) < 4.78 is 0. The maximum Gasteiger partial charge on any atom is -0.0238 e. The van der Waals surface area contributed by atoms with Gasteiger partial charge in [-0.3, -0.25) is 0 Å². The Labute approximate surface area is 409 Å². The van der Waals surface area contributed by atoms with E-state index in [2.05, 4.69) is 203 Å². The summed E-state index contributed by atoms with van der Waals surface area (Å²) in [5, 5.41) is 0. The highest BCUT2D eigenvalue weighted by molar-refractivity contribution is 5.22. The first-order valence-corrected chi connectivity index (χ1v) is 26.4. The van der Waals surface area contributed by atoms with Gasteiger partial charge in [-0.15, -0.1) is 0 Å². The molecule has 0 amide bonds. The summed E-state index contributed by atoms with van der Waals surface area (Å²) in [4.78, 5) is 0. The summed E-state index contributed by atoms with van der Waals surface area (Å²) >= 11 is 0. The second-order valence-corrected chi connectivity index (χ2v) is 12.2. The molecule has 0 aliphatic carbocycles. The van der Waals surface area contributed by atoms with Crippen LogP contribution in [0.2, 0.25) is 0 Å². The number of rotatable bonds is 10. The van der Waals surface area contributed by atoms with E-state index >= 15 is 0 Å². The van der Waals surface area contributed by atoms with Crippen molar-refractivity contribution in [3.8, 4) is 0 Å². The number of aryl methyl sites for hydroxylation is 6. The quantitative estimate of drug-likeness (QED) is 0.129. The molecule has 0 saturated carbocycles. The van der Waals surface area contributed by atoms with E-state index in [4.69, 9.17) is 0 Å². The SMILES string of the molecule is CC.CC.CC.CC.CC.CC.CC.CC.CC.CCC(C)C.c1ccc(CCc2ccccc2)cc1.c1ccc(CCc2ccccc2)cc1.c1ccc(CCc2ccccc2)cc1. The molecule has 0 aliphatic rings. The Balaban J connectivity index is -0.000000127. The van der Waals surface area contributed by atoms with Gasteiger partial charge in [0.15, 0.2) is 0 Å². The predicted octanol–water partition coefficient (Wildman–Crippen LogP) is 21.7. The molecule has 0 saturated heterocycles. The van der Waals surface area contributed by atoms with Crippen LogP contribution in [0, 0.1) is 5.92 Å². The molecule has 65 heavy (non-hydrogen) atoms.